The number of amides is 1. The molecular weight excluding hydrogens is 336 g/mol. The first-order valence-electron chi connectivity index (χ1n) is 6.08. The number of ether oxygens (including phenoxy) is 1. The maximum Gasteiger partial charge on any atom is 0.339 e. The summed E-state index contributed by atoms with van der Waals surface area (Å²) in [5, 5.41) is 0. The standard InChI is InChI=1S/C15H13BrN2O3/c16-13-6-5-11(17)7-12(13)15(20)21-8-9-1-3-10(4-2-9)14(18)19/h1-7H,8,17H2,(H2,18,19). The number of hydrogen-bond acceptors (Lipinski definition) is 4. The van der Waals surface area contributed by atoms with Crippen LogP contribution in [-0.4, -0.2) is 11.9 Å². The van der Waals surface area contributed by atoms with Crippen molar-refractivity contribution >= 4 is 33.5 Å². The Bertz CT molecular complexity index is 684. The van der Waals surface area contributed by atoms with Gasteiger partial charge < -0.3 is 16.2 Å². The minimum atomic E-state index is -0.498. The molecule has 0 atom stereocenters. The SMILES string of the molecule is NC(=O)c1ccc(COC(=O)c2cc(N)ccc2Br)cc1. The second-order valence-corrected chi connectivity index (χ2v) is 5.23. The molecular formula is C15H13BrN2O3. The maximum atomic E-state index is 12.0. The zero-order chi connectivity index (χ0) is 15.4. The zero-order valence-corrected chi connectivity index (χ0v) is 12.6. The van der Waals surface area contributed by atoms with E-state index in [-0.39, 0.29) is 6.61 Å². The van der Waals surface area contributed by atoms with Crippen LogP contribution in [0.3, 0.4) is 0 Å². The van der Waals surface area contributed by atoms with Crippen LogP contribution in [0.15, 0.2) is 46.9 Å². The van der Waals surface area contributed by atoms with Crippen molar-refractivity contribution < 1.29 is 14.3 Å². The predicted molar refractivity (Wildman–Crippen MR) is 82.6 cm³/mol. The van der Waals surface area contributed by atoms with Crippen LogP contribution in [0, 0.1) is 0 Å². The molecule has 6 heteroatoms. The summed E-state index contributed by atoms with van der Waals surface area (Å²) in [5.74, 6) is -0.976. The Labute approximate surface area is 130 Å². The van der Waals surface area contributed by atoms with Crippen LogP contribution in [0.5, 0.6) is 0 Å². The van der Waals surface area contributed by atoms with E-state index in [1.807, 2.05) is 0 Å². The molecule has 0 spiro atoms. The molecule has 0 bridgehead atoms. The fourth-order valence-electron chi connectivity index (χ4n) is 1.69. The molecule has 0 aliphatic carbocycles. The average Bonchev–Trinajstić information content (AvgIpc) is 2.47. The number of nitrogen functional groups attached to an aromatic ring is 1. The summed E-state index contributed by atoms with van der Waals surface area (Å²) in [4.78, 5) is 22.9. The minimum absolute atomic E-state index is 0.0963. The van der Waals surface area contributed by atoms with E-state index in [9.17, 15) is 9.59 Å². The van der Waals surface area contributed by atoms with Gasteiger partial charge in [-0.15, -0.1) is 0 Å². The molecule has 2 rings (SSSR count). The number of rotatable bonds is 4. The maximum absolute atomic E-state index is 12.0. The second kappa shape index (κ2) is 6.41. The van der Waals surface area contributed by atoms with Crippen molar-refractivity contribution in [1.82, 2.24) is 0 Å². The van der Waals surface area contributed by atoms with Crippen molar-refractivity contribution in [2.75, 3.05) is 5.73 Å². The third kappa shape index (κ3) is 3.82. The molecule has 0 unspecified atom stereocenters. The summed E-state index contributed by atoms with van der Waals surface area (Å²) in [6, 6.07) is 11.5. The van der Waals surface area contributed by atoms with Gasteiger partial charge >= 0.3 is 5.97 Å². The van der Waals surface area contributed by atoms with Gasteiger partial charge in [0.15, 0.2) is 0 Å². The number of carbonyl (C=O) groups is 2. The van der Waals surface area contributed by atoms with E-state index in [0.717, 1.165) is 5.56 Å². The number of anilines is 1. The summed E-state index contributed by atoms with van der Waals surface area (Å²) < 4.78 is 5.83. The minimum Gasteiger partial charge on any atom is -0.457 e. The number of carbonyl (C=O) groups excluding carboxylic acids is 2. The highest BCUT2D eigenvalue weighted by molar-refractivity contribution is 9.10. The Balaban J connectivity index is 2.04. The van der Waals surface area contributed by atoms with E-state index in [2.05, 4.69) is 15.9 Å². The van der Waals surface area contributed by atoms with Crippen molar-refractivity contribution in [2.24, 2.45) is 5.73 Å². The molecule has 2 aromatic rings. The van der Waals surface area contributed by atoms with Crippen LogP contribution in [0.4, 0.5) is 5.69 Å². The molecule has 0 saturated carbocycles. The van der Waals surface area contributed by atoms with Crippen LogP contribution >= 0.6 is 15.9 Å². The van der Waals surface area contributed by atoms with E-state index in [0.29, 0.717) is 21.3 Å². The highest BCUT2D eigenvalue weighted by Gasteiger charge is 2.12. The van der Waals surface area contributed by atoms with Gasteiger partial charge in [-0.25, -0.2) is 4.79 Å². The number of benzene rings is 2. The van der Waals surface area contributed by atoms with Crippen molar-refractivity contribution in [3.8, 4) is 0 Å². The first kappa shape index (κ1) is 15.1. The highest BCUT2D eigenvalue weighted by Crippen LogP contribution is 2.21. The van der Waals surface area contributed by atoms with E-state index >= 15 is 0 Å². The lowest BCUT2D eigenvalue weighted by molar-refractivity contribution is 0.0471. The smallest absolute Gasteiger partial charge is 0.339 e. The Kier molecular flexibility index (Phi) is 4.59. The van der Waals surface area contributed by atoms with Gasteiger partial charge in [-0.1, -0.05) is 12.1 Å². The van der Waals surface area contributed by atoms with Crippen LogP contribution in [-0.2, 0) is 11.3 Å². The molecule has 0 aliphatic heterocycles. The third-order valence-electron chi connectivity index (χ3n) is 2.82. The number of esters is 1. The zero-order valence-electron chi connectivity index (χ0n) is 11.0. The van der Waals surface area contributed by atoms with Gasteiger partial charge in [0.1, 0.15) is 6.61 Å². The molecule has 21 heavy (non-hydrogen) atoms. The fourth-order valence-corrected chi connectivity index (χ4v) is 2.10. The Hall–Kier alpha value is -2.34. The number of nitrogens with two attached hydrogens (primary N) is 2. The lowest BCUT2D eigenvalue weighted by Gasteiger charge is -2.07. The number of primary amides is 1. The Morgan fingerprint density at radius 1 is 1.10 bits per heavy atom. The van der Waals surface area contributed by atoms with Gasteiger partial charge in [-0.3, -0.25) is 4.79 Å². The Morgan fingerprint density at radius 3 is 2.38 bits per heavy atom. The summed E-state index contributed by atoms with van der Waals surface area (Å²) in [6.45, 7) is 0.0963. The fraction of sp³-hybridized carbons (Fsp3) is 0.0667. The van der Waals surface area contributed by atoms with Crippen LogP contribution < -0.4 is 11.5 Å². The van der Waals surface area contributed by atoms with Gasteiger partial charge in [0, 0.05) is 15.7 Å². The molecule has 0 radical (unpaired) electrons. The number of halogens is 1. The molecule has 0 aliphatic rings. The third-order valence-corrected chi connectivity index (χ3v) is 3.51. The van der Waals surface area contributed by atoms with Gasteiger partial charge in [-0.05, 0) is 51.8 Å². The first-order valence-corrected chi connectivity index (χ1v) is 6.87. The topological polar surface area (TPSA) is 95.4 Å². The van der Waals surface area contributed by atoms with Crippen molar-refractivity contribution in [1.29, 1.82) is 0 Å². The number of hydrogen-bond donors (Lipinski definition) is 2. The van der Waals surface area contributed by atoms with E-state index < -0.39 is 11.9 Å². The van der Waals surface area contributed by atoms with Crippen LogP contribution in [0.1, 0.15) is 26.3 Å². The first-order chi connectivity index (χ1) is 9.97. The molecule has 0 fully saturated rings. The molecule has 0 aromatic heterocycles. The molecule has 2 aromatic carbocycles. The quantitative estimate of drug-likeness (QED) is 0.655. The summed E-state index contributed by atoms with van der Waals surface area (Å²) in [7, 11) is 0. The van der Waals surface area contributed by atoms with Crippen molar-refractivity contribution in [3.05, 3.63) is 63.6 Å². The predicted octanol–water partition coefficient (Wildman–Crippen LogP) is 2.49. The van der Waals surface area contributed by atoms with Crippen LogP contribution in [0.2, 0.25) is 0 Å². The average molecular weight is 349 g/mol. The van der Waals surface area contributed by atoms with Gasteiger partial charge in [0.05, 0.1) is 5.56 Å². The van der Waals surface area contributed by atoms with E-state index in [1.54, 1.807) is 42.5 Å². The molecule has 1 amide bonds. The lowest BCUT2D eigenvalue weighted by atomic mass is 10.1. The highest BCUT2D eigenvalue weighted by atomic mass is 79.9. The van der Waals surface area contributed by atoms with E-state index in [4.69, 9.17) is 16.2 Å². The molecule has 0 heterocycles. The molecule has 0 saturated heterocycles. The largest absolute Gasteiger partial charge is 0.457 e. The van der Waals surface area contributed by atoms with Gasteiger partial charge in [-0.2, -0.15) is 0 Å². The monoisotopic (exact) mass is 348 g/mol. The molecule has 4 N–H and O–H groups in total. The molecule has 5 nitrogen and oxygen atoms in total. The van der Waals surface area contributed by atoms with Gasteiger partial charge in [0.2, 0.25) is 5.91 Å². The Morgan fingerprint density at radius 2 is 1.76 bits per heavy atom. The summed E-state index contributed by atoms with van der Waals surface area (Å²) in [6.07, 6.45) is 0. The second-order valence-electron chi connectivity index (χ2n) is 4.38. The van der Waals surface area contributed by atoms with E-state index in [1.165, 1.54) is 0 Å². The van der Waals surface area contributed by atoms with Crippen molar-refractivity contribution in [3.63, 3.8) is 0 Å². The van der Waals surface area contributed by atoms with Crippen molar-refractivity contribution in [2.45, 2.75) is 6.61 Å². The van der Waals surface area contributed by atoms with Gasteiger partial charge in [0.25, 0.3) is 0 Å². The van der Waals surface area contributed by atoms with Crippen LogP contribution in [0.25, 0.3) is 0 Å². The summed E-state index contributed by atoms with van der Waals surface area (Å²) >= 11 is 3.27. The molecule has 108 valence electrons. The lowest BCUT2D eigenvalue weighted by Crippen LogP contribution is -2.11. The normalized spacial score (nSPS) is 10.1. The summed E-state index contributed by atoms with van der Waals surface area (Å²) in [5.41, 5.74) is 12.8.